The van der Waals surface area contributed by atoms with Crippen LogP contribution in [0.1, 0.15) is 92.9 Å². The average Bonchev–Trinajstić information content (AvgIpc) is 3.75. The van der Waals surface area contributed by atoms with E-state index in [4.69, 9.17) is 0 Å². The Balaban J connectivity index is 1.80. The van der Waals surface area contributed by atoms with Crippen molar-refractivity contribution >= 4 is 40.3 Å². The molecule has 0 spiro atoms. The SMILES string of the molecule is C=CCNC(=O)C(=O)C(CC1CC1)NC(=O)[C@@H]1[C@@H](C)[C@@H](C)CN1C(=O)C(NC(=O)NC1(CS(=O)CC)CCCCC1)C(C)(C)C. The highest BCUT2D eigenvalue weighted by Crippen LogP contribution is 2.35. The van der Waals surface area contributed by atoms with Gasteiger partial charge in [0, 0.05) is 35.4 Å². The number of nitrogens with one attached hydrogen (secondary N) is 4. The first kappa shape index (κ1) is 36.7. The third-order valence-electron chi connectivity index (χ3n) is 9.63. The Hall–Kier alpha value is -2.76. The maximum Gasteiger partial charge on any atom is 0.315 e. The van der Waals surface area contributed by atoms with Crippen LogP contribution in [0.4, 0.5) is 4.79 Å². The van der Waals surface area contributed by atoms with Crippen molar-refractivity contribution in [2.75, 3.05) is 24.6 Å². The van der Waals surface area contributed by atoms with Gasteiger partial charge in [-0.15, -0.1) is 6.58 Å². The summed E-state index contributed by atoms with van der Waals surface area (Å²) < 4.78 is 12.6. The molecule has 5 amide bonds. The lowest BCUT2D eigenvalue weighted by Gasteiger charge is -2.40. The second kappa shape index (κ2) is 15.7. The van der Waals surface area contributed by atoms with Crippen LogP contribution < -0.4 is 21.3 Å². The second-order valence-electron chi connectivity index (χ2n) is 14.5. The molecule has 0 aromatic heterocycles. The summed E-state index contributed by atoms with van der Waals surface area (Å²) in [5.41, 5.74) is -1.28. The molecule has 3 fully saturated rings. The van der Waals surface area contributed by atoms with Gasteiger partial charge in [0.15, 0.2) is 0 Å². The number of hydrogen-bond donors (Lipinski definition) is 4. The number of ketones is 1. The van der Waals surface area contributed by atoms with Crippen LogP contribution in [0.15, 0.2) is 12.7 Å². The number of rotatable bonds is 14. The van der Waals surface area contributed by atoms with Gasteiger partial charge in [-0.3, -0.25) is 23.4 Å². The van der Waals surface area contributed by atoms with Gasteiger partial charge in [0.1, 0.15) is 12.1 Å². The van der Waals surface area contributed by atoms with Crippen LogP contribution in [0.2, 0.25) is 0 Å². The molecule has 0 radical (unpaired) electrons. The minimum Gasteiger partial charge on any atom is -0.346 e. The van der Waals surface area contributed by atoms with Crippen LogP contribution in [-0.2, 0) is 30.0 Å². The highest BCUT2D eigenvalue weighted by Gasteiger charge is 2.49. The van der Waals surface area contributed by atoms with E-state index in [1.165, 1.54) is 11.0 Å². The zero-order chi connectivity index (χ0) is 33.5. The summed E-state index contributed by atoms with van der Waals surface area (Å²) in [6.45, 7) is 15.3. The number of urea groups is 1. The van der Waals surface area contributed by atoms with Gasteiger partial charge < -0.3 is 26.2 Å². The Labute approximate surface area is 271 Å². The predicted molar refractivity (Wildman–Crippen MR) is 176 cm³/mol. The van der Waals surface area contributed by atoms with E-state index in [-0.39, 0.29) is 30.2 Å². The number of carbonyl (C=O) groups is 5. The molecule has 4 N–H and O–H groups in total. The van der Waals surface area contributed by atoms with E-state index in [1.54, 1.807) is 0 Å². The fourth-order valence-electron chi connectivity index (χ4n) is 6.54. The van der Waals surface area contributed by atoms with Gasteiger partial charge >= 0.3 is 6.03 Å². The zero-order valence-corrected chi connectivity index (χ0v) is 28.9. The Bertz CT molecular complexity index is 1140. The number of amides is 5. The summed E-state index contributed by atoms with van der Waals surface area (Å²) in [5.74, 6) is -1.42. The van der Waals surface area contributed by atoms with E-state index in [0.717, 1.165) is 44.9 Å². The van der Waals surface area contributed by atoms with Crippen molar-refractivity contribution in [2.45, 2.75) is 117 Å². The Morgan fingerprint density at radius 2 is 1.69 bits per heavy atom. The molecule has 0 aromatic carbocycles. The van der Waals surface area contributed by atoms with Gasteiger partial charge in [0.05, 0.1) is 11.6 Å². The maximum atomic E-state index is 14.3. The minimum absolute atomic E-state index is 0.0119. The van der Waals surface area contributed by atoms with Gasteiger partial charge in [-0.1, -0.05) is 79.7 Å². The summed E-state index contributed by atoms with van der Waals surface area (Å²) in [6.07, 6.45) is 8.12. The van der Waals surface area contributed by atoms with Crippen LogP contribution >= 0.6 is 0 Å². The molecule has 254 valence electrons. The van der Waals surface area contributed by atoms with E-state index in [9.17, 15) is 28.2 Å². The van der Waals surface area contributed by atoms with E-state index >= 15 is 0 Å². The fourth-order valence-corrected chi connectivity index (χ4v) is 7.73. The minimum atomic E-state index is -1.07. The normalized spacial score (nSPS) is 24.9. The van der Waals surface area contributed by atoms with Crippen molar-refractivity contribution in [2.24, 2.45) is 23.2 Å². The van der Waals surface area contributed by atoms with Crippen molar-refractivity contribution in [3.05, 3.63) is 12.7 Å². The van der Waals surface area contributed by atoms with E-state index in [1.807, 2.05) is 41.5 Å². The average molecular weight is 650 g/mol. The molecule has 0 bridgehead atoms. The third-order valence-corrected chi connectivity index (χ3v) is 11.2. The lowest BCUT2D eigenvalue weighted by molar-refractivity contribution is -0.144. The van der Waals surface area contributed by atoms with Crippen LogP contribution in [0, 0.1) is 23.2 Å². The number of likely N-dealkylation sites (tertiary alicyclic amines) is 1. The van der Waals surface area contributed by atoms with Crippen molar-refractivity contribution < 1.29 is 28.2 Å². The van der Waals surface area contributed by atoms with Crippen LogP contribution in [0.3, 0.4) is 0 Å². The summed E-state index contributed by atoms with van der Waals surface area (Å²) in [6, 6.07) is -3.29. The van der Waals surface area contributed by atoms with E-state index < -0.39 is 63.5 Å². The molecule has 1 heterocycles. The number of Topliss-reactive ketones (excluding diaryl/α,β-unsaturated/α-hetero) is 1. The van der Waals surface area contributed by atoms with E-state index in [0.29, 0.717) is 24.5 Å². The number of carbonyl (C=O) groups excluding carboxylic acids is 5. The highest BCUT2D eigenvalue weighted by molar-refractivity contribution is 7.85. The van der Waals surface area contributed by atoms with Gasteiger partial charge in [0.2, 0.25) is 17.6 Å². The van der Waals surface area contributed by atoms with Crippen LogP contribution in [0.5, 0.6) is 0 Å². The maximum absolute atomic E-state index is 14.3. The standard InChI is InChI=1S/C33H55N5O6S/c1-8-17-34-29(41)26(39)24(18-23-13-14-23)35-28(40)25-22(4)21(3)19-38(25)30(42)27(32(5,6)7)36-31(43)37-33(20-45(44)9-2)15-11-10-12-16-33/h8,21-25,27H,1,9-20H2,2-7H3,(H,34,41)(H,35,40)(H2,36,37,43)/t21-,22-,24?,25-,27?,45?/m0/s1. The Morgan fingerprint density at radius 1 is 1.04 bits per heavy atom. The topological polar surface area (TPSA) is 154 Å². The summed E-state index contributed by atoms with van der Waals surface area (Å²) in [4.78, 5) is 68.7. The lowest BCUT2D eigenvalue weighted by Crippen LogP contribution is -2.63. The third kappa shape index (κ3) is 9.86. The molecular weight excluding hydrogens is 594 g/mol. The van der Waals surface area contributed by atoms with Crippen molar-refractivity contribution in [1.82, 2.24) is 26.2 Å². The lowest BCUT2D eigenvalue weighted by atomic mass is 9.83. The molecule has 12 heteroatoms. The molecule has 2 aliphatic carbocycles. The molecule has 1 aliphatic heterocycles. The van der Waals surface area contributed by atoms with Gasteiger partial charge in [0.25, 0.3) is 5.91 Å². The van der Waals surface area contributed by atoms with Gasteiger partial charge in [-0.05, 0) is 42.4 Å². The largest absolute Gasteiger partial charge is 0.346 e. The van der Waals surface area contributed by atoms with Gasteiger partial charge in [-0.2, -0.15) is 0 Å². The van der Waals surface area contributed by atoms with Gasteiger partial charge in [-0.25, -0.2) is 4.79 Å². The molecular formula is C33H55N5O6S. The van der Waals surface area contributed by atoms with Crippen molar-refractivity contribution in [1.29, 1.82) is 0 Å². The van der Waals surface area contributed by atoms with Crippen molar-refractivity contribution in [3.63, 3.8) is 0 Å². The smallest absolute Gasteiger partial charge is 0.315 e. The molecule has 3 rings (SSSR count). The molecule has 0 aromatic rings. The highest BCUT2D eigenvalue weighted by atomic mass is 32.2. The van der Waals surface area contributed by atoms with E-state index in [2.05, 4.69) is 27.8 Å². The number of nitrogens with zero attached hydrogens (tertiary/aromatic N) is 1. The van der Waals surface area contributed by atoms with Crippen molar-refractivity contribution in [3.8, 4) is 0 Å². The molecule has 1 saturated heterocycles. The molecule has 11 nitrogen and oxygen atoms in total. The summed E-state index contributed by atoms with van der Waals surface area (Å²) in [7, 11) is -1.07. The van der Waals surface area contributed by atoms with Crippen LogP contribution in [-0.4, -0.2) is 86.9 Å². The summed E-state index contributed by atoms with van der Waals surface area (Å²) >= 11 is 0. The molecule has 45 heavy (non-hydrogen) atoms. The zero-order valence-electron chi connectivity index (χ0n) is 28.0. The Morgan fingerprint density at radius 3 is 2.24 bits per heavy atom. The monoisotopic (exact) mass is 649 g/mol. The first-order valence-electron chi connectivity index (χ1n) is 16.6. The molecule has 2 saturated carbocycles. The van der Waals surface area contributed by atoms with Crippen LogP contribution in [0.25, 0.3) is 0 Å². The Kier molecular flexibility index (Phi) is 12.8. The predicted octanol–water partition coefficient (Wildman–Crippen LogP) is 2.81. The quantitative estimate of drug-likeness (QED) is 0.168. The molecule has 3 aliphatic rings. The molecule has 6 atom stereocenters. The first-order chi connectivity index (χ1) is 21.1. The number of hydrogen-bond acceptors (Lipinski definition) is 6. The summed E-state index contributed by atoms with van der Waals surface area (Å²) in [5, 5.41) is 11.4. The fraction of sp³-hybridized carbons (Fsp3) is 0.788. The molecule has 3 unspecified atom stereocenters. The first-order valence-corrected chi connectivity index (χ1v) is 18.1. The second-order valence-corrected chi connectivity index (χ2v) is 16.2.